The summed E-state index contributed by atoms with van der Waals surface area (Å²) in [6.07, 6.45) is 0.845. The Morgan fingerprint density at radius 2 is 2.20 bits per heavy atom. The Labute approximate surface area is 126 Å². The lowest BCUT2D eigenvalue weighted by molar-refractivity contribution is 0.0519. The first-order valence-corrected chi connectivity index (χ1v) is 8.09. The first-order valence-electron chi connectivity index (χ1n) is 6.39. The van der Waals surface area contributed by atoms with Gasteiger partial charge in [-0.15, -0.1) is 22.7 Å². The van der Waals surface area contributed by atoms with E-state index in [0.29, 0.717) is 12.3 Å². The van der Waals surface area contributed by atoms with E-state index in [4.69, 9.17) is 4.74 Å². The highest BCUT2D eigenvalue weighted by Crippen LogP contribution is 2.22. The number of aromatic nitrogens is 2. The van der Waals surface area contributed by atoms with E-state index < -0.39 is 0 Å². The largest absolute Gasteiger partial charge is 0.461 e. The molecule has 1 N–H and O–H groups in total. The molecule has 0 unspecified atom stereocenters. The van der Waals surface area contributed by atoms with E-state index in [1.54, 1.807) is 18.3 Å². The zero-order valence-corrected chi connectivity index (χ0v) is 13.4. The van der Waals surface area contributed by atoms with Crippen molar-refractivity contribution in [2.75, 3.05) is 18.5 Å². The highest BCUT2D eigenvalue weighted by molar-refractivity contribution is 7.15. The van der Waals surface area contributed by atoms with Gasteiger partial charge in [0, 0.05) is 23.2 Å². The molecule has 0 atom stereocenters. The van der Waals surface area contributed by atoms with Crippen LogP contribution in [0.25, 0.3) is 0 Å². The minimum Gasteiger partial charge on any atom is -0.461 e. The van der Waals surface area contributed by atoms with Gasteiger partial charge in [-0.05, 0) is 20.8 Å². The van der Waals surface area contributed by atoms with Crippen molar-refractivity contribution < 1.29 is 9.53 Å². The Morgan fingerprint density at radius 1 is 1.40 bits per heavy atom. The van der Waals surface area contributed by atoms with Gasteiger partial charge in [-0.2, -0.15) is 0 Å². The molecule has 0 spiro atoms. The zero-order valence-electron chi connectivity index (χ0n) is 11.7. The quantitative estimate of drug-likeness (QED) is 0.831. The smallest absolute Gasteiger partial charge is 0.358 e. The Kier molecular flexibility index (Phi) is 5.08. The predicted octanol–water partition coefficient (Wildman–Crippen LogP) is 3.05. The highest BCUT2D eigenvalue weighted by atomic mass is 32.1. The summed E-state index contributed by atoms with van der Waals surface area (Å²) in [5.74, 6) is -0.357. The maximum absolute atomic E-state index is 11.7. The summed E-state index contributed by atoms with van der Waals surface area (Å²) in [4.78, 5) is 21.2. The minimum absolute atomic E-state index is 0.357. The molecular formula is C13H17N3O2S2. The summed E-state index contributed by atoms with van der Waals surface area (Å²) < 4.78 is 4.97. The number of esters is 1. The van der Waals surface area contributed by atoms with E-state index in [1.807, 2.05) is 13.8 Å². The van der Waals surface area contributed by atoms with Gasteiger partial charge in [0.15, 0.2) is 10.8 Å². The molecule has 0 aliphatic carbocycles. The Hall–Kier alpha value is -1.47. The van der Waals surface area contributed by atoms with Gasteiger partial charge >= 0.3 is 5.97 Å². The van der Waals surface area contributed by atoms with Crippen LogP contribution in [0.3, 0.4) is 0 Å². The van der Waals surface area contributed by atoms with Crippen LogP contribution in [0.5, 0.6) is 0 Å². The molecule has 0 amide bonds. The zero-order chi connectivity index (χ0) is 14.5. The molecular weight excluding hydrogens is 294 g/mol. The number of nitrogens with one attached hydrogen (secondary N) is 1. The second-order valence-electron chi connectivity index (χ2n) is 4.18. The first-order chi connectivity index (χ1) is 9.60. The van der Waals surface area contributed by atoms with Crippen LogP contribution in [0.2, 0.25) is 0 Å². The van der Waals surface area contributed by atoms with Crippen LogP contribution >= 0.6 is 22.7 Å². The number of hydrogen-bond donors (Lipinski definition) is 1. The number of hydrogen-bond acceptors (Lipinski definition) is 7. The van der Waals surface area contributed by atoms with Crippen LogP contribution < -0.4 is 5.32 Å². The summed E-state index contributed by atoms with van der Waals surface area (Å²) in [6, 6.07) is 0. The topological polar surface area (TPSA) is 64.1 Å². The van der Waals surface area contributed by atoms with Crippen LogP contribution in [0.15, 0.2) is 5.38 Å². The lowest BCUT2D eigenvalue weighted by atomic mass is 10.3. The number of anilines is 1. The van der Waals surface area contributed by atoms with Gasteiger partial charge in [0.05, 0.1) is 17.3 Å². The number of nitrogens with zero attached hydrogens (tertiary/aromatic N) is 2. The molecule has 0 aliphatic rings. The molecule has 0 saturated carbocycles. The van der Waals surface area contributed by atoms with Gasteiger partial charge in [0.25, 0.3) is 0 Å². The van der Waals surface area contributed by atoms with Crippen molar-refractivity contribution in [3.8, 4) is 0 Å². The molecule has 2 rings (SSSR count). The third-order valence-electron chi connectivity index (χ3n) is 2.59. The Balaban J connectivity index is 1.90. The van der Waals surface area contributed by atoms with E-state index in [1.165, 1.54) is 11.3 Å². The summed E-state index contributed by atoms with van der Waals surface area (Å²) in [5, 5.41) is 7.11. The number of carbonyl (C=O) groups excluding carboxylic acids is 1. The maximum atomic E-state index is 11.7. The number of ether oxygens (including phenoxy) is 1. The summed E-state index contributed by atoms with van der Waals surface area (Å²) >= 11 is 3.12. The fraction of sp³-hybridized carbons (Fsp3) is 0.462. The fourth-order valence-corrected chi connectivity index (χ4v) is 3.16. The number of aryl methyl sites for hydroxylation is 2. The average Bonchev–Trinajstić information content (AvgIpc) is 2.96. The fourth-order valence-electron chi connectivity index (χ4n) is 1.68. The summed E-state index contributed by atoms with van der Waals surface area (Å²) in [7, 11) is 0. The summed E-state index contributed by atoms with van der Waals surface area (Å²) in [6.45, 7) is 6.77. The lowest BCUT2D eigenvalue weighted by Crippen LogP contribution is -2.08. The SMILES string of the molecule is CCOC(=O)c1nc(NCCc2csc(C)n2)sc1C. The van der Waals surface area contributed by atoms with Crippen LogP contribution in [0, 0.1) is 13.8 Å². The third-order valence-corrected chi connectivity index (χ3v) is 4.34. The van der Waals surface area contributed by atoms with Crippen molar-refractivity contribution in [2.24, 2.45) is 0 Å². The van der Waals surface area contributed by atoms with E-state index in [0.717, 1.165) is 33.7 Å². The molecule has 0 aromatic carbocycles. The lowest BCUT2D eigenvalue weighted by Gasteiger charge is -2.00. The van der Waals surface area contributed by atoms with Gasteiger partial charge in [-0.25, -0.2) is 14.8 Å². The second kappa shape index (κ2) is 6.81. The minimum atomic E-state index is -0.357. The molecule has 7 heteroatoms. The maximum Gasteiger partial charge on any atom is 0.358 e. The van der Waals surface area contributed by atoms with Crippen molar-refractivity contribution >= 4 is 33.8 Å². The number of carbonyl (C=O) groups is 1. The van der Waals surface area contributed by atoms with E-state index >= 15 is 0 Å². The number of rotatable bonds is 6. The normalized spacial score (nSPS) is 10.6. The van der Waals surface area contributed by atoms with Crippen LogP contribution in [0.1, 0.15) is 33.0 Å². The molecule has 0 radical (unpaired) electrons. The molecule has 0 saturated heterocycles. The van der Waals surface area contributed by atoms with Crippen molar-refractivity contribution in [1.82, 2.24) is 9.97 Å². The van der Waals surface area contributed by atoms with Crippen LogP contribution in [0.4, 0.5) is 5.13 Å². The van der Waals surface area contributed by atoms with Crippen LogP contribution in [-0.4, -0.2) is 29.1 Å². The van der Waals surface area contributed by atoms with Gasteiger partial charge in [0.1, 0.15) is 0 Å². The van der Waals surface area contributed by atoms with E-state index in [9.17, 15) is 4.79 Å². The monoisotopic (exact) mass is 311 g/mol. The molecule has 2 aromatic heterocycles. The highest BCUT2D eigenvalue weighted by Gasteiger charge is 2.16. The molecule has 0 bridgehead atoms. The van der Waals surface area contributed by atoms with Crippen molar-refractivity contribution in [3.63, 3.8) is 0 Å². The van der Waals surface area contributed by atoms with Gasteiger partial charge in [0.2, 0.25) is 0 Å². The molecule has 2 aromatic rings. The van der Waals surface area contributed by atoms with Crippen LogP contribution in [-0.2, 0) is 11.2 Å². The van der Waals surface area contributed by atoms with Gasteiger partial charge in [-0.1, -0.05) is 0 Å². The first kappa shape index (κ1) is 14.9. The molecule has 20 heavy (non-hydrogen) atoms. The van der Waals surface area contributed by atoms with E-state index in [-0.39, 0.29) is 5.97 Å². The molecule has 0 fully saturated rings. The molecule has 108 valence electrons. The van der Waals surface area contributed by atoms with E-state index in [2.05, 4.69) is 20.7 Å². The predicted molar refractivity (Wildman–Crippen MR) is 81.9 cm³/mol. The Morgan fingerprint density at radius 3 is 2.85 bits per heavy atom. The average molecular weight is 311 g/mol. The second-order valence-corrected chi connectivity index (χ2v) is 6.44. The number of thiazole rings is 2. The van der Waals surface area contributed by atoms with Crippen molar-refractivity contribution in [1.29, 1.82) is 0 Å². The Bertz CT molecular complexity index is 592. The third kappa shape index (κ3) is 3.77. The van der Waals surface area contributed by atoms with Crippen molar-refractivity contribution in [2.45, 2.75) is 27.2 Å². The van der Waals surface area contributed by atoms with Crippen molar-refractivity contribution in [3.05, 3.63) is 26.7 Å². The molecule has 2 heterocycles. The molecule has 0 aliphatic heterocycles. The standard InChI is InChI=1S/C13H17N3O2S2/c1-4-18-12(17)11-8(2)20-13(16-11)14-6-5-10-7-19-9(3)15-10/h7H,4-6H2,1-3H3,(H,14,16). The van der Waals surface area contributed by atoms with Gasteiger partial charge in [-0.3, -0.25) is 0 Å². The molecule has 5 nitrogen and oxygen atoms in total. The van der Waals surface area contributed by atoms with Gasteiger partial charge < -0.3 is 10.1 Å². The summed E-state index contributed by atoms with van der Waals surface area (Å²) in [5.41, 5.74) is 1.49.